The van der Waals surface area contributed by atoms with Crippen molar-refractivity contribution >= 4 is 35.4 Å². The Bertz CT molecular complexity index is 1170. The number of thioether (sulfide) groups is 1. The molecule has 0 bridgehead atoms. The summed E-state index contributed by atoms with van der Waals surface area (Å²) in [6.07, 6.45) is -9.51. The van der Waals surface area contributed by atoms with Gasteiger partial charge in [-0.2, -0.15) is 17.6 Å². The summed E-state index contributed by atoms with van der Waals surface area (Å²) in [6.45, 7) is 4.84. The fourth-order valence-electron chi connectivity index (χ4n) is 3.30. The average molecular weight is 545 g/mol. The number of rotatable bonds is 7. The number of nitrogens with zero attached hydrogens (tertiary/aromatic N) is 1. The summed E-state index contributed by atoms with van der Waals surface area (Å²) in [5.41, 5.74) is -0.216. The smallest absolute Gasteiger partial charge is 0.461 e. The van der Waals surface area contributed by atoms with Gasteiger partial charge < -0.3 is 24.8 Å². The van der Waals surface area contributed by atoms with Gasteiger partial charge in [0.2, 0.25) is 0 Å². The van der Waals surface area contributed by atoms with Crippen LogP contribution in [-0.2, 0) is 16.1 Å². The van der Waals surface area contributed by atoms with Gasteiger partial charge in [-0.15, -0.1) is 11.8 Å². The van der Waals surface area contributed by atoms with Gasteiger partial charge in [0.05, 0.1) is 17.8 Å². The Labute approximate surface area is 213 Å². The maximum atomic E-state index is 13.5. The van der Waals surface area contributed by atoms with Crippen LogP contribution in [0.15, 0.2) is 47.4 Å². The van der Waals surface area contributed by atoms with Gasteiger partial charge >= 0.3 is 24.6 Å². The lowest BCUT2D eigenvalue weighted by Gasteiger charge is -2.27. The number of carboxylic acid groups (broad SMARTS) is 1. The van der Waals surface area contributed by atoms with Crippen LogP contribution >= 0.6 is 11.8 Å². The molecule has 0 aliphatic carbocycles. The average Bonchev–Trinajstić information content (AvgIpc) is 2.90. The molecule has 1 atom stereocenters. The number of fused-ring (bicyclic) bond motifs is 1. The molecule has 2 aromatic carbocycles. The topological polar surface area (TPSA) is 105 Å². The molecule has 8 nitrogen and oxygen atoms in total. The summed E-state index contributed by atoms with van der Waals surface area (Å²) in [5.74, 6) is -2.16. The second kappa shape index (κ2) is 10.9. The molecular formula is C24H24F4N2O6S. The Morgan fingerprint density at radius 2 is 1.81 bits per heavy atom. The van der Waals surface area contributed by atoms with Crippen LogP contribution in [0.2, 0.25) is 0 Å². The van der Waals surface area contributed by atoms with Crippen LogP contribution < -0.4 is 15.0 Å². The molecule has 0 radical (unpaired) electrons. The second-order valence-electron chi connectivity index (χ2n) is 9.03. The van der Waals surface area contributed by atoms with Crippen molar-refractivity contribution in [3.8, 4) is 5.75 Å². The minimum absolute atomic E-state index is 0.0753. The molecule has 2 N–H and O–H groups in total. The lowest BCUT2D eigenvalue weighted by molar-refractivity contribution is -0.253. The van der Waals surface area contributed by atoms with Crippen molar-refractivity contribution in [3.05, 3.63) is 53.6 Å². The number of carbonyl (C=O) groups excluding carboxylic acids is 2. The van der Waals surface area contributed by atoms with E-state index in [1.54, 1.807) is 26.8 Å². The quantitative estimate of drug-likeness (QED) is 0.465. The van der Waals surface area contributed by atoms with Gasteiger partial charge in [-0.05, 0) is 56.7 Å². The van der Waals surface area contributed by atoms with Crippen LogP contribution in [0.25, 0.3) is 0 Å². The molecular weight excluding hydrogens is 520 g/mol. The van der Waals surface area contributed by atoms with E-state index in [1.807, 2.05) is 0 Å². The first-order chi connectivity index (χ1) is 17.2. The third-order valence-electron chi connectivity index (χ3n) is 4.93. The van der Waals surface area contributed by atoms with Gasteiger partial charge in [0.15, 0.2) is 0 Å². The summed E-state index contributed by atoms with van der Waals surface area (Å²) in [6, 6.07) is 7.92. The van der Waals surface area contributed by atoms with Crippen molar-refractivity contribution in [2.75, 3.05) is 10.7 Å². The van der Waals surface area contributed by atoms with Crippen molar-refractivity contribution in [1.29, 1.82) is 0 Å². The Balaban J connectivity index is 1.91. The van der Waals surface area contributed by atoms with E-state index in [1.165, 1.54) is 40.9 Å². The zero-order chi connectivity index (χ0) is 27.5. The molecule has 2 amide bonds. The molecule has 0 aromatic heterocycles. The van der Waals surface area contributed by atoms with Crippen molar-refractivity contribution < 1.29 is 46.5 Å². The van der Waals surface area contributed by atoms with E-state index in [-0.39, 0.29) is 23.5 Å². The lowest BCUT2D eigenvalue weighted by atomic mass is 10.1. The van der Waals surface area contributed by atoms with Crippen molar-refractivity contribution in [2.24, 2.45) is 0 Å². The number of nitrogens with one attached hydrogen (secondary N) is 1. The van der Waals surface area contributed by atoms with Crippen LogP contribution in [0, 0.1) is 0 Å². The molecule has 3 rings (SSSR count). The number of halogens is 4. The van der Waals surface area contributed by atoms with E-state index in [4.69, 9.17) is 4.74 Å². The molecule has 0 saturated carbocycles. The van der Waals surface area contributed by atoms with E-state index in [2.05, 4.69) is 10.1 Å². The zero-order valence-electron chi connectivity index (χ0n) is 20.0. The molecule has 2 aromatic rings. The molecule has 1 heterocycles. The van der Waals surface area contributed by atoms with Gasteiger partial charge in [-0.3, -0.25) is 4.79 Å². The maximum Gasteiger partial charge on any atom is 0.461 e. The highest BCUT2D eigenvalue weighted by molar-refractivity contribution is 7.99. The summed E-state index contributed by atoms with van der Waals surface area (Å²) < 4.78 is 60.5. The standard InChI is InChI=1S/C24H24F4N2O6S/c1-23(2,3)36-22(34)29-16-12-37-18-9-6-14(20(32)33)10-17(18)30(19(16)31)11-13-4-7-15(8-5-13)35-24(27,28)21(25)26/h4-10,16,21H,11-12H2,1-3H3,(H,29,34)(H,32,33). The molecule has 0 spiro atoms. The van der Waals surface area contributed by atoms with Crippen LogP contribution in [0.5, 0.6) is 5.75 Å². The van der Waals surface area contributed by atoms with Crippen molar-refractivity contribution in [1.82, 2.24) is 5.32 Å². The number of hydrogen-bond acceptors (Lipinski definition) is 6. The van der Waals surface area contributed by atoms with Gasteiger partial charge in [0.1, 0.15) is 17.4 Å². The third-order valence-corrected chi connectivity index (χ3v) is 6.09. The highest BCUT2D eigenvalue weighted by Gasteiger charge is 2.44. The minimum Gasteiger partial charge on any atom is -0.478 e. The summed E-state index contributed by atoms with van der Waals surface area (Å²) in [5, 5.41) is 12.0. The molecule has 0 fully saturated rings. The second-order valence-corrected chi connectivity index (χ2v) is 10.1. The molecule has 37 heavy (non-hydrogen) atoms. The van der Waals surface area contributed by atoms with Crippen LogP contribution in [0.1, 0.15) is 36.7 Å². The van der Waals surface area contributed by atoms with Crippen LogP contribution in [0.3, 0.4) is 0 Å². The maximum absolute atomic E-state index is 13.5. The Morgan fingerprint density at radius 1 is 1.16 bits per heavy atom. The van der Waals surface area contributed by atoms with Crippen LogP contribution in [-0.4, -0.2) is 53.0 Å². The normalized spacial score (nSPS) is 16.2. The van der Waals surface area contributed by atoms with Crippen molar-refractivity contribution in [3.63, 3.8) is 0 Å². The number of alkyl carbamates (subject to hydrolysis) is 1. The fourth-order valence-corrected chi connectivity index (χ4v) is 4.35. The van der Waals surface area contributed by atoms with Gasteiger partial charge in [-0.25, -0.2) is 9.59 Å². The number of carboxylic acids is 1. The Morgan fingerprint density at radius 3 is 2.38 bits per heavy atom. The first-order valence-electron chi connectivity index (χ1n) is 10.9. The number of aromatic carboxylic acids is 1. The number of benzene rings is 2. The van der Waals surface area contributed by atoms with Gasteiger partial charge in [0.25, 0.3) is 5.91 Å². The molecule has 1 aliphatic heterocycles. The summed E-state index contributed by atoms with van der Waals surface area (Å²) in [4.78, 5) is 39.2. The number of alkyl halides is 4. The molecule has 0 saturated heterocycles. The first-order valence-corrected chi connectivity index (χ1v) is 11.9. The zero-order valence-corrected chi connectivity index (χ0v) is 20.8. The monoisotopic (exact) mass is 544 g/mol. The molecule has 1 aliphatic rings. The summed E-state index contributed by atoms with van der Waals surface area (Å²) in [7, 11) is 0. The van der Waals surface area contributed by atoms with Crippen LogP contribution in [0.4, 0.5) is 28.0 Å². The number of amides is 2. The molecule has 13 heteroatoms. The SMILES string of the molecule is CC(C)(C)OC(=O)NC1CSc2ccc(C(=O)O)cc2N(Cc2ccc(OC(F)(F)C(F)F)cc2)C1=O. The predicted octanol–water partition coefficient (Wildman–Crippen LogP) is 5.15. The van der Waals surface area contributed by atoms with E-state index in [9.17, 15) is 37.1 Å². The first kappa shape index (κ1) is 28.1. The number of hydrogen-bond donors (Lipinski definition) is 2. The van der Waals surface area contributed by atoms with E-state index in [0.29, 0.717) is 10.5 Å². The highest BCUT2D eigenvalue weighted by Crippen LogP contribution is 2.36. The lowest BCUT2D eigenvalue weighted by Crippen LogP contribution is -2.50. The largest absolute Gasteiger partial charge is 0.478 e. The molecule has 200 valence electrons. The Kier molecular flexibility index (Phi) is 8.25. The molecule has 1 unspecified atom stereocenters. The Hall–Kier alpha value is -3.48. The number of anilines is 1. The van der Waals surface area contributed by atoms with Crippen molar-refractivity contribution in [2.45, 2.75) is 56.4 Å². The van der Waals surface area contributed by atoms with E-state index in [0.717, 1.165) is 12.1 Å². The summed E-state index contributed by atoms with van der Waals surface area (Å²) >= 11 is 1.23. The van der Waals surface area contributed by atoms with E-state index >= 15 is 0 Å². The minimum atomic E-state index is -4.67. The highest BCUT2D eigenvalue weighted by atomic mass is 32.2. The van der Waals surface area contributed by atoms with E-state index < -0.39 is 47.9 Å². The number of carbonyl (C=O) groups is 3. The fraction of sp³-hybridized carbons (Fsp3) is 0.375. The predicted molar refractivity (Wildman–Crippen MR) is 126 cm³/mol. The van der Waals surface area contributed by atoms with Gasteiger partial charge in [0, 0.05) is 10.6 Å². The van der Waals surface area contributed by atoms with Gasteiger partial charge in [-0.1, -0.05) is 12.1 Å². The third kappa shape index (κ3) is 7.28. The number of ether oxygens (including phenoxy) is 2.